The lowest BCUT2D eigenvalue weighted by Crippen LogP contribution is -2.30. The number of rotatable bonds is 7. The Labute approximate surface area is 109 Å². The van der Waals surface area contributed by atoms with Crippen LogP contribution < -0.4 is 0 Å². The van der Waals surface area contributed by atoms with Crippen LogP contribution in [0.25, 0.3) is 5.57 Å². The maximum Gasteiger partial charge on any atom is 0.201 e. The molecule has 0 aliphatic carbocycles. The predicted molar refractivity (Wildman–Crippen MR) is 72.0 cm³/mol. The molecule has 5 heteroatoms. The van der Waals surface area contributed by atoms with Crippen molar-refractivity contribution >= 4 is 5.57 Å². The summed E-state index contributed by atoms with van der Waals surface area (Å²) in [6.07, 6.45) is 10.0. The largest absolute Gasteiger partial charge is 0.299 e. The van der Waals surface area contributed by atoms with Crippen molar-refractivity contribution in [3.63, 3.8) is 0 Å². The summed E-state index contributed by atoms with van der Waals surface area (Å²) in [5, 5.41) is 14.2. The molecule has 0 atom stereocenters. The topological polar surface area (TPSA) is 57.7 Å². The number of hydrogen-bond acceptors (Lipinski definition) is 4. The highest BCUT2D eigenvalue weighted by molar-refractivity contribution is 5.61. The Morgan fingerprint density at radius 1 is 1.28 bits per heavy atom. The second kappa shape index (κ2) is 7.26. The summed E-state index contributed by atoms with van der Waals surface area (Å²) in [5.74, 6) is 0.755. The summed E-state index contributed by atoms with van der Waals surface area (Å²) in [7, 11) is 0. The van der Waals surface area contributed by atoms with E-state index in [0.29, 0.717) is 0 Å². The maximum atomic E-state index is 4.05. The molecular formula is C13H23N5. The molecule has 0 radical (unpaired) electrons. The summed E-state index contributed by atoms with van der Waals surface area (Å²) in [6, 6.07) is 0. The van der Waals surface area contributed by atoms with E-state index in [4.69, 9.17) is 0 Å². The van der Waals surface area contributed by atoms with Crippen LogP contribution >= 0.6 is 0 Å². The van der Waals surface area contributed by atoms with Crippen molar-refractivity contribution in [1.82, 2.24) is 25.5 Å². The van der Waals surface area contributed by atoms with Gasteiger partial charge in [0, 0.05) is 18.7 Å². The third-order valence-electron chi connectivity index (χ3n) is 3.44. The number of hydrogen-bond donors (Lipinski definition) is 1. The van der Waals surface area contributed by atoms with Crippen LogP contribution in [0.3, 0.4) is 0 Å². The molecule has 0 saturated carbocycles. The van der Waals surface area contributed by atoms with Gasteiger partial charge in [0.05, 0.1) is 0 Å². The van der Waals surface area contributed by atoms with E-state index in [2.05, 4.69) is 38.5 Å². The predicted octanol–water partition coefficient (Wildman–Crippen LogP) is 2.26. The van der Waals surface area contributed by atoms with Crippen LogP contribution in [-0.4, -0.2) is 45.2 Å². The zero-order valence-corrected chi connectivity index (χ0v) is 11.2. The van der Waals surface area contributed by atoms with E-state index in [1.54, 1.807) is 0 Å². The van der Waals surface area contributed by atoms with Gasteiger partial charge in [-0.05, 0) is 24.6 Å². The molecule has 5 nitrogen and oxygen atoms in total. The lowest BCUT2D eigenvalue weighted by Gasteiger charge is -2.25. The number of tetrazole rings is 1. The molecule has 1 N–H and O–H groups in total. The standard InChI is InChI=1S/C13H23N5/c1-2-3-4-5-6-9-18-10-7-8-12(11-18)13-14-16-17-15-13/h8H,2-7,9-11H2,1H3,(H,14,15,16,17). The van der Waals surface area contributed by atoms with Crippen LogP contribution in [0, 0.1) is 0 Å². The van der Waals surface area contributed by atoms with Crippen LogP contribution in [-0.2, 0) is 0 Å². The Kier molecular flexibility index (Phi) is 5.33. The van der Waals surface area contributed by atoms with E-state index in [1.807, 2.05) is 0 Å². The second-order valence-corrected chi connectivity index (χ2v) is 4.94. The van der Waals surface area contributed by atoms with E-state index in [1.165, 1.54) is 44.2 Å². The number of nitrogens with one attached hydrogen (secondary N) is 1. The van der Waals surface area contributed by atoms with Crippen LogP contribution in [0.15, 0.2) is 6.08 Å². The Balaban J connectivity index is 1.71. The molecule has 0 amide bonds. The summed E-state index contributed by atoms with van der Waals surface area (Å²) in [5.41, 5.74) is 1.21. The maximum absolute atomic E-state index is 4.05. The van der Waals surface area contributed by atoms with Gasteiger partial charge in [0.2, 0.25) is 5.82 Å². The Hall–Kier alpha value is -1.23. The van der Waals surface area contributed by atoms with Crippen LogP contribution in [0.4, 0.5) is 0 Å². The first-order chi connectivity index (χ1) is 8.90. The van der Waals surface area contributed by atoms with Gasteiger partial charge in [0.25, 0.3) is 0 Å². The first-order valence-electron chi connectivity index (χ1n) is 7.05. The molecule has 0 fully saturated rings. The summed E-state index contributed by atoms with van der Waals surface area (Å²) in [4.78, 5) is 2.50. The Morgan fingerprint density at radius 3 is 2.94 bits per heavy atom. The molecule has 1 aliphatic heterocycles. The lowest BCUT2D eigenvalue weighted by molar-refractivity contribution is 0.295. The average Bonchev–Trinajstić information content (AvgIpc) is 2.93. The zero-order chi connectivity index (χ0) is 12.6. The minimum atomic E-state index is 0.755. The lowest BCUT2D eigenvalue weighted by atomic mass is 10.1. The van der Waals surface area contributed by atoms with Crippen LogP contribution in [0.1, 0.15) is 51.3 Å². The number of aromatic amines is 1. The van der Waals surface area contributed by atoms with E-state index in [9.17, 15) is 0 Å². The van der Waals surface area contributed by atoms with Gasteiger partial charge < -0.3 is 0 Å². The van der Waals surface area contributed by atoms with E-state index in [0.717, 1.165) is 25.3 Å². The van der Waals surface area contributed by atoms with E-state index < -0.39 is 0 Å². The van der Waals surface area contributed by atoms with Gasteiger partial charge in [-0.1, -0.05) is 38.7 Å². The number of aromatic nitrogens is 4. The van der Waals surface area contributed by atoms with Gasteiger partial charge in [-0.15, -0.1) is 10.2 Å². The average molecular weight is 249 g/mol. The Morgan fingerprint density at radius 2 is 2.17 bits per heavy atom. The summed E-state index contributed by atoms with van der Waals surface area (Å²) < 4.78 is 0. The number of unbranched alkanes of at least 4 members (excludes halogenated alkanes) is 4. The molecule has 100 valence electrons. The van der Waals surface area contributed by atoms with Crippen molar-refractivity contribution in [3.05, 3.63) is 11.9 Å². The van der Waals surface area contributed by atoms with E-state index >= 15 is 0 Å². The van der Waals surface area contributed by atoms with Gasteiger partial charge >= 0.3 is 0 Å². The quantitative estimate of drug-likeness (QED) is 0.753. The van der Waals surface area contributed by atoms with Gasteiger partial charge in [-0.25, -0.2) is 0 Å². The normalized spacial score (nSPS) is 16.8. The van der Waals surface area contributed by atoms with Crippen molar-refractivity contribution in [2.24, 2.45) is 0 Å². The smallest absolute Gasteiger partial charge is 0.201 e. The molecule has 0 unspecified atom stereocenters. The molecule has 1 aromatic heterocycles. The fourth-order valence-corrected chi connectivity index (χ4v) is 2.40. The van der Waals surface area contributed by atoms with Crippen LogP contribution in [0.5, 0.6) is 0 Å². The highest BCUT2D eigenvalue weighted by Gasteiger charge is 2.15. The molecule has 18 heavy (non-hydrogen) atoms. The third kappa shape index (κ3) is 3.91. The fraction of sp³-hybridized carbons (Fsp3) is 0.769. The minimum Gasteiger partial charge on any atom is -0.299 e. The van der Waals surface area contributed by atoms with Crippen molar-refractivity contribution in [2.75, 3.05) is 19.6 Å². The van der Waals surface area contributed by atoms with Crippen molar-refractivity contribution in [2.45, 2.75) is 45.4 Å². The van der Waals surface area contributed by atoms with Crippen molar-refractivity contribution < 1.29 is 0 Å². The second-order valence-electron chi connectivity index (χ2n) is 4.94. The molecule has 2 heterocycles. The molecule has 0 bridgehead atoms. The Bertz CT molecular complexity index is 357. The monoisotopic (exact) mass is 249 g/mol. The van der Waals surface area contributed by atoms with Crippen molar-refractivity contribution in [3.8, 4) is 0 Å². The molecule has 1 aromatic rings. The van der Waals surface area contributed by atoms with Gasteiger partial charge in [-0.2, -0.15) is 5.21 Å². The highest BCUT2D eigenvalue weighted by Crippen LogP contribution is 2.17. The SMILES string of the molecule is CCCCCCCN1CCC=C(c2nn[nH]n2)C1. The van der Waals surface area contributed by atoms with Crippen molar-refractivity contribution in [1.29, 1.82) is 0 Å². The van der Waals surface area contributed by atoms with Gasteiger partial charge in [-0.3, -0.25) is 4.90 Å². The van der Waals surface area contributed by atoms with E-state index in [-0.39, 0.29) is 0 Å². The summed E-state index contributed by atoms with van der Waals surface area (Å²) in [6.45, 7) is 5.58. The molecule has 0 aromatic carbocycles. The highest BCUT2D eigenvalue weighted by atomic mass is 15.5. The molecule has 1 aliphatic rings. The number of nitrogens with zero attached hydrogens (tertiary/aromatic N) is 4. The molecular weight excluding hydrogens is 226 g/mol. The molecule has 2 rings (SSSR count). The first kappa shape index (κ1) is 13.2. The summed E-state index contributed by atoms with van der Waals surface area (Å²) >= 11 is 0. The van der Waals surface area contributed by atoms with Gasteiger partial charge in [0.1, 0.15) is 0 Å². The molecule has 0 saturated heterocycles. The zero-order valence-electron chi connectivity index (χ0n) is 11.2. The van der Waals surface area contributed by atoms with Crippen LogP contribution in [0.2, 0.25) is 0 Å². The minimum absolute atomic E-state index is 0.755. The first-order valence-corrected chi connectivity index (χ1v) is 7.05. The molecule has 0 spiro atoms. The van der Waals surface area contributed by atoms with Gasteiger partial charge in [0.15, 0.2) is 0 Å². The third-order valence-corrected chi connectivity index (χ3v) is 3.44. The fourth-order valence-electron chi connectivity index (χ4n) is 2.40. The number of H-pyrrole nitrogens is 1.